The summed E-state index contributed by atoms with van der Waals surface area (Å²) >= 11 is 11.5. The topological polar surface area (TPSA) is 55.1 Å². The molecule has 0 spiro atoms. The van der Waals surface area contributed by atoms with Crippen LogP contribution in [0.2, 0.25) is 10.0 Å². The molecule has 3 nitrogen and oxygen atoms in total. The summed E-state index contributed by atoms with van der Waals surface area (Å²) in [6.45, 7) is 1.78. The van der Waals surface area contributed by atoms with Gasteiger partial charge in [0, 0.05) is 0 Å². The van der Waals surface area contributed by atoms with E-state index < -0.39 is 17.8 Å². The van der Waals surface area contributed by atoms with Crippen molar-refractivity contribution in [1.29, 1.82) is 0 Å². The van der Waals surface area contributed by atoms with Crippen LogP contribution in [0, 0.1) is 5.82 Å². The van der Waals surface area contributed by atoms with Crippen molar-refractivity contribution >= 4 is 34.8 Å². The molecule has 0 unspecified atom stereocenters. The highest BCUT2D eigenvalue weighted by Gasteiger charge is 2.15. The number of hydrogen-bond donors (Lipinski definition) is 2. The summed E-state index contributed by atoms with van der Waals surface area (Å²) in [4.78, 5) is 11.5. The second kappa shape index (κ2) is 5.48. The van der Waals surface area contributed by atoms with Crippen molar-refractivity contribution < 1.29 is 9.18 Å². The summed E-state index contributed by atoms with van der Waals surface area (Å²) in [5.41, 5.74) is 5.70. The molecule has 1 rings (SSSR count). The fraction of sp³-hybridized carbons (Fsp3) is 0.300. The van der Waals surface area contributed by atoms with Gasteiger partial charge >= 0.3 is 0 Å². The molecule has 16 heavy (non-hydrogen) atoms. The molecule has 0 saturated carbocycles. The highest BCUT2D eigenvalue weighted by molar-refractivity contribution is 6.39. The van der Waals surface area contributed by atoms with Gasteiger partial charge < -0.3 is 11.1 Å². The zero-order valence-corrected chi connectivity index (χ0v) is 10.1. The first-order chi connectivity index (χ1) is 7.45. The number of halogens is 3. The van der Waals surface area contributed by atoms with Crippen LogP contribution in [0.5, 0.6) is 0 Å². The van der Waals surface area contributed by atoms with Gasteiger partial charge in [0.05, 0.1) is 21.8 Å². The molecule has 6 heteroatoms. The molecule has 0 radical (unpaired) electrons. The minimum absolute atomic E-state index is 0.0432. The lowest BCUT2D eigenvalue weighted by Crippen LogP contribution is -2.35. The van der Waals surface area contributed by atoms with Crippen LogP contribution in [0.1, 0.15) is 13.3 Å². The Morgan fingerprint density at radius 1 is 1.50 bits per heavy atom. The predicted octanol–water partition coefficient (Wildman–Crippen LogP) is 2.81. The van der Waals surface area contributed by atoms with Crippen molar-refractivity contribution in [3.05, 3.63) is 28.0 Å². The number of hydrogen-bond acceptors (Lipinski definition) is 2. The highest BCUT2D eigenvalue weighted by atomic mass is 35.5. The molecule has 1 aromatic carbocycles. The standard InChI is InChI=1S/C10H11Cl2FN2O/c1-2-8(14)10(16)15-9-6(11)3-5(13)4-7(9)12/h3-4,8H,2,14H2,1H3,(H,15,16)/t8-/m1/s1. The molecule has 0 saturated heterocycles. The van der Waals surface area contributed by atoms with Gasteiger partial charge in [-0.2, -0.15) is 0 Å². The van der Waals surface area contributed by atoms with E-state index in [0.29, 0.717) is 6.42 Å². The minimum Gasteiger partial charge on any atom is -0.322 e. The molecule has 0 fully saturated rings. The Labute approximate surface area is 103 Å². The van der Waals surface area contributed by atoms with Crippen LogP contribution in [-0.2, 0) is 4.79 Å². The first kappa shape index (κ1) is 13.2. The van der Waals surface area contributed by atoms with Crippen molar-refractivity contribution in [2.24, 2.45) is 5.73 Å². The van der Waals surface area contributed by atoms with Gasteiger partial charge in [0.2, 0.25) is 5.91 Å². The highest BCUT2D eigenvalue weighted by Crippen LogP contribution is 2.31. The van der Waals surface area contributed by atoms with E-state index in [9.17, 15) is 9.18 Å². The van der Waals surface area contributed by atoms with E-state index in [-0.39, 0.29) is 15.7 Å². The van der Waals surface area contributed by atoms with Crippen LogP contribution in [0.4, 0.5) is 10.1 Å². The zero-order chi connectivity index (χ0) is 12.3. The quantitative estimate of drug-likeness (QED) is 0.882. The van der Waals surface area contributed by atoms with Crippen LogP contribution < -0.4 is 11.1 Å². The van der Waals surface area contributed by atoms with Crippen LogP contribution in [-0.4, -0.2) is 11.9 Å². The third-order valence-corrected chi connectivity index (χ3v) is 2.63. The van der Waals surface area contributed by atoms with Gasteiger partial charge in [-0.3, -0.25) is 4.79 Å². The van der Waals surface area contributed by atoms with Crippen molar-refractivity contribution in [2.45, 2.75) is 19.4 Å². The van der Waals surface area contributed by atoms with Crippen molar-refractivity contribution in [1.82, 2.24) is 0 Å². The molecule has 0 aromatic heterocycles. The third kappa shape index (κ3) is 3.07. The molecular formula is C10H11Cl2FN2O. The Kier molecular flexibility index (Phi) is 4.53. The van der Waals surface area contributed by atoms with E-state index in [1.165, 1.54) is 0 Å². The lowest BCUT2D eigenvalue weighted by Gasteiger charge is -2.12. The fourth-order valence-corrected chi connectivity index (χ4v) is 1.62. The number of carbonyl (C=O) groups is 1. The van der Waals surface area contributed by atoms with Gasteiger partial charge in [-0.1, -0.05) is 30.1 Å². The average Bonchev–Trinajstić information content (AvgIpc) is 2.21. The fourth-order valence-electron chi connectivity index (χ4n) is 1.06. The van der Waals surface area contributed by atoms with Crippen LogP contribution >= 0.6 is 23.2 Å². The monoisotopic (exact) mass is 264 g/mol. The van der Waals surface area contributed by atoms with E-state index in [1.807, 2.05) is 0 Å². The van der Waals surface area contributed by atoms with E-state index in [2.05, 4.69) is 5.32 Å². The van der Waals surface area contributed by atoms with Gasteiger partial charge in [0.1, 0.15) is 5.82 Å². The summed E-state index contributed by atoms with van der Waals surface area (Å²) < 4.78 is 12.9. The SMILES string of the molecule is CC[C@@H](N)C(=O)Nc1c(Cl)cc(F)cc1Cl. The van der Waals surface area contributed by atoms with E-state index in [1.54, 1.807) is 6.92 Å². The molecule has 3 N–H and O–H groups in total. The summed E-state index contributed by atoms with van der Waals surface area (Å²) in [6.07, 6.45) is 0.488. The molecule has 1 amide bonds. The first-order valence-electron chi connectivity index (χ1n) is 4.66. The molecule has 88 valence electrons. The maximum Gasteiger partial charge on any atom is 0.241 e. The lowest BCUT2D eigenvalue weighted by molar-refractivity contribution is -0.117. The maximum atomic E-state index is 12.9. The number of rotatable bonds is 3. The largest absolute Gasteiger partial charge is 0.322 e. The number of nitrogens with one attached hydrogen (secondary N) is 1. The van der Waals surface area contributed by atoms with Gasteiger partial charge in [0.25, 0.3) is 0 Å². The zero-order valence-electron chi connectivity index (χ0n) is 8.56. The van der Waals surface area contributed by atoms with Crippen molar-refractivity contribution in [2.75, 3.05) is 5.32 Å². The number of anilines is 1. The molecule has 0 aliphatic rings. The minimum atomic E-state index is -0.641. The summed E-state index contributed by atoms with van der Waals surface area (Å²) in [7, 11) is 0. The van der Waals surface area contributed by atoms with E-state index >= 15 is 0 Å². The second-order valence-electron chi connectivity index (χ2n) is 3.25. The van der Waals surface area contributed by atoms with Gasteiger partial charge in [0.15, 0.2) is 0 Å². The van der Waals surface area contributed by atoms with E-state index in [0.717, 1.165) is 12.1 Å². The summed E-state index contributed by atoms with van der Waals surface area (Å²) in [6, 6.07) is 1.50. The van der Waals surface area contributed by atoms with Crippen LogP contribution in [0.15, 0.2) is 12.1 Å². The normalized spacial score (nSPS) is 12.3. The second-order valence-corrected chi connectivity index (χ2v) is 4.06. The molecule has 1 aromatic rings. The number of benzene rings is 1. The molecule has 1 atom stereocenters. The summed E-state index contributed by atoms with van der Waals surface area (Å²) in [5.74, 6) is -0.967. The Bertz CT molecular complexity index is 389. The number of amides is 1. The average molecular weight is 265 g/mol. The number of carbonyl (C=O) groups excluding carboxylic acids is 1. The van der Waals surface area contributed by atoms with Gasteiger partial charge in [-0.15, -0.1) is 0 Å². The van der Waals surface area contributed by atoms with E-state index in [4.69, 9.17) is 28.9 Å². The van der Waals surface area contributed by atoms with Gasteiger partial charge in [-0.25, -0.2) is 4.39 Å². The smallest absolute Gasteiger partial charge is 0.241 e. The Morgan fingerprint density at radius 2 is 2.00 bits per heavy atom. The van der Waals surface area contributed by atoms with Crippen LogP contribution in [0.25, 0.3) is 0 Å². The number of nitrogens with two attached hydrogens (primary N) is 1. The third-order valence-electron chi connectivity index (χ3n) is 2.03. The van der Waals surface area contributed by atoms with Gasteiger partial charge in [-0.05, 0) is 18.6 Å². The molecular weight excluding hydrogens is 254 g/mol. The Hall–Kier alpha value is -0.840. The van der Waals surface area contributed by atoms with Crippen molar-refractivity contribution in [3.8, 4) is 0 Å². The Balaban J connectivity index is 2.93. The molecule has 0 aliphatic heterocycles. The predicted molar refractivity (Wildman–Crippen MR) is 63.3 cm³/mol. The lowest BCUT2D eigenvalue weighted by atomic mass is 10.2. The molecule has 0 aliphatic carbocycles. The summed E-state index contributed by atoms with van der Waals surface area (Å²) in [5, 5.41) is 2.55. The maximum absolute atomic E-state index is 12.9. The first-order valence-corrected chi connectivity index (χ1v) is 5.42. The molecule has 0 heterocycles. The van der Waals surface area contributed by atoms with Crippen LogP contribution in [0.3, 0.4) is 0 Å². The Morgan fingerprint density at radius 3 is 2.44 bits per heavy atom. The van der Waals surface area contributed by atoms with Crippen molar-refractivity contribution in [3.63, 3.8) is 0 Å². The molecule has 0 bridgehead atoms.